The summed E-state index contributed by atoms with van der Waals surface area (Å²) < 4.78 is 15.2. The summed E-state index contributed by atoms with van der Waals surface area (Å²) in [4.78, 5) is 4.09. The Balaban J connectivity index is 2.25. The van der Waals surface area contributed by atoms with E-state index in [0.29, 0.717) is 23.7 Å². The van der Waals surface area contributed by atoms with Crippen LogP contribution >= 0.6 is 11.6 Å². The van der Waals surface area contributed by atoms with Crippen LogP contribution in [0, 0.1) is 5.82 Å². The number of hydrogen-bond donors (Lipinski definition) is 1. The molecule has 6 heteroatoms. The molecule has 0 unspecified atom stereocenters. The van der Waals surface area contributed by atoms with E-state index in [1.807, 2.05) is 7.05 Å². The minimum Gasteiger partial charge on any atom is -0.313 e. The van der Waals surface area contributed by atoms with Crippen LogP contribution < -0.4 is 5.32 Å². The first-order chi connectivity index (χ1) is 8.20. The van der Waals surface area contributed by atoms with Gasteiger partial charge in [0.05, 0.1) is 13.1 Å². The Hall–Kier alpha value is -1.46. The van der Waals surface area contributed by atoms with E-state index < -0.39 is 0 Å². The Bertz CT molecular complexity index is 512. The number of nitrogens with one attached hydrogen (secondary N) is 1. The van der Waals surface area contributed by atoms with Gasteiger partial charge < -0.3 is 5.32 Å². The molecule has 2 rings (SSSR count). The van der Waals surface area contributed by atoms with Crippen LogP contribution in [0.3, 0.4) is 0 Å². The van der Waals surface area contributed by atoms with Gasteiger partial charge in [0, 0.05) is 10.6 Å². The number of halogens is 2. The summed E-state index contributed by atoms with van der Waals surface area (Å²) in [5.74, 6) is 0.465. The van der Waals surface area contributed by atoms with E-state index in [9.17, 15) is 4.39 Å². The molecule has 0 saturated heterocycles. The fourth-order valence-corrected chi connectivity index (χ4v) is 1.74. The lowest BCUT2D eigenvalue weighted by Gasteiger charge is -2.07. The fourth-order valence-electron chi connectivity index (χ4n) is 1.54. The molecule has 1 heterocycles. The second-order valence-electron chi connectivity index (χ2n) is 3.60. The molecule has 1 aromatic heterocycles. The highest BCUT2D eigenvalue weighted by Crippen LogP contribution is 2.16. The van der Waals surface area contributed by atoms with Crippen molar-refractivity contribution in [2.45, 2.75) is 13.1 Å². The van der Waals surface area contributed by atoms with E-state index in [4.69, 9.17) is 11.6 Å². The molecule has 0 bridgehead atoms. The summed E-state index contributed by atoms with van der Waals surface area (Å²) in [5, 5.41) is 7.55. The van der Waals surface area contributed by atoms with Crippen LogP contribution in [0.4, 0.5) is 4.39 Å². The van der Waals surface area contributed by atoms with Crippen LogP contribution in [0.15, 0.2) is 24.5 Å². The number of nitrogens with zero attached hydrogens (tertiary/aromatic N) is 3. The number of rotatable bonds is 4. The number of aromatic nitrogens is 3. The first kappa shape index (κ1) is 12.0. The average Bonchev–Trinajstić information content (AvgIpc) is 2.72. The number of benzene rings is 1. The van der Waals surface area contributed by atoms with Gasteiger partial charge in [-0.2, -0.15) is 5.10 Å². The molecule has 0 radical (unpaired) electrons. The molecule has 90 valence electrons. The van der Waals surface area contributed by atoms with E-state index in [0.717, 1.165) is 5.82 Å². The fraction of sp³-hybridized carbons (Fsp3) is 0.273. The van der Waals surface area contributed by atoms with Crippen LogP contribution in [-0.2, 0) is 13.1 Å². The lowest BCUT2D eigenvalue weighted by molar-refractivity contribution is 0.566. The Morgan fingerprint density at radius 1 is 1.47 bits per heavy atom. The smallest absolute Gasteiger partial charge is 0.141 e. The van der Waals surface area contributed by atoms with Crippen LogP contribution in [0.25, 0.3) is 0 Å². The van der Waals surface area contributed by atoms with Crippen molar-refractivity contribution in [3.8, 4) is 0 Å². The van der Waals surface area contributed by atoms with Gasteiger partial charge in [0.2, 0.25) is 0 Å². The monoisotopic (exact) mass is 254 g/mol. The second kappa shape index (κ2) is 5.25. The highest BCUT2D eigenvalue weighted by molar-refractivity contribution is 6.30. The van der Waals surface area contributed by atoms with Crippen molar-refractivity contribution in [3.05, 3.63) is 46.8 Å². The number of hydrogen-bond acceptors (Lipinski definition) is 3. The molecule has 0 atom stereocenters. The largest absolute Gasteiger partial charge is 0.313 e. The Kier molecular flexibility index (Phi) is 3.71. The third-order valence-electron chi connectivity index (χ3n) is 2.36. The molecule has 1 aromatic carbocycles. The molecule has 1 N–H and O–H groups in total. The minimum absolute atomic E-state index is 0.291. The lowest BCUT2D eigenvalue weighted by atomic mass is 10.2. The van der Waals surface area contributed by atoms with Gasteiger partial charge in [-0.15, -0.1) is 0 Å². The van der Waals surface area contributed by atoms with Crippen LogP contribution in [0.2, 0.25) is 5.02 Å². The zero-order valence-electron chi connectivity index (χ0n) is 9.32. The zero-order chi connectivity index (χ0) is 12.3. The molecule has 4 nitrogen and oxygen atoms in total. The molecule has 0 aliphatic heterocycles. The van der Waals surface area contributed by atoms with Crippen LogP contribution in [0.5, 0.6) is 0 Å². The van der Waals surface area contributed by atoms with Crippen molar-refractivity contribution in [2.24, 2.45) is 0 Å². The first-order valence-electron chi connectivity index (χ1n) is 5.16. The summed E-state index contributed by atoms with van der Waals surface area (Å²) >= 11 is 5.83. The minimum atomic E-state index is -0.291. The third kappa shape index (κ3) is 2.81. The lowest BCUT2D eigenvalue weighted by Crippen LogP contribution is -2.14. The predicted octanol–water partition coefficient (Wildman–Crippen LogP) is 1.84. The first-order valence-corrected chi connectivity index (χ1v) is 5.53. The van der Waals surface area contributed by atoms with E-state index in [1.165, 1.54) is 18.5 Å². The summed E-state index contributed by atoms with van der Waals surface area (Å²) in [5.41, 5.74) is 0.500. The average molecular weight is 255 g/mol. The van der Waals surface area contributed by atoms with E-state index in [-0.39, 0.29) is 5.82 Å². The van der Waals surface area contributed by atoms with Crippen LogP contribution in [0.1, 0.15) is 11.4 Å². The van der Waals surface area contributed by atoms with Crippen molar-refractivity contribution in [1.82, 2.24) is 20.1 Å². The van der Waals surface area contributed by atoms with Gasteiger partial charge >= 0.3 is 0 Å². The summed E-state index contributed by atoms with van der Waals surface area (Å²) in [6.07, 6.45) is 1.45. The second-order valence-corrected chi connectivity index (χ2v) is 4.04. The van der Waals surface area contributed by atoms with E-state index in [2.05, 4.69) is 15.4 Å². The van der Waals surface area contributed by atoms with Crippen molar-refractivity contribution in [2.75, 3.05) is 7.05 Å². The normalized spacial score (nSPS) is 10.8. The topological polar surface area (TPSA) is 42.7 Å². The Morgan fingerprint density at radius 3 is 3.06 bits per heavy atom. The zero-order valence-corrected chi connectivity index (χ0v) is 10.1. The molecule has 17 heavy (non-hydrogen) atoms. The van der Waals surface area contributed by atoms with Crippen molar-refractivity contribution >= 4 is 11.6 Å². The quantitative estimate of drug-likeness (QED) is 0.905. The highest BCUT2D eigenvalue weighted by atomic mass is 35.5. The third-order valence-corrected chi connectivity index (χ3v) is 2.59. The van der Waals surface area contributed by atoms with E-state index >= 15 is 0 Å². The van der Waals surface area contributed by atoms with Gasteiger partial charge in [-0.3, -0.25) is 0 Å². The van der Waals surface area contributed by atoms with Crippen molar-refractivity contribution in [1.29, 1.82) is 0 Å². The summed E-state index contributed by atoms with van der Waals surface area (Å²) in [6, 6.07) is 4.48. The van der Waals surface area contributed by atoms with E-state index in [1.54, 1.807) is 10.7 Å². The maximum atomic E-state index is 13.5. The molecule has 0 spiro atoms. The van der Waals surface area contributed by atoms with Gasteiger partial charge in [-0.05, 0) is 25.2 Å². The van der Waals surface area contributed by atoms with Gasteiger partial charge in [-0.1, -0.05) is 11.6 Å². The molecular weight excluding hydrogens is 243 g/mol. The Morgan fingerprint density at radius 2 is 2.29 bits per heavy atom. The summed E-state index contributed by atoms with van der Waals surface area (Å²) in [7, 11) is 1.82. The van der Waals surface area contributed by atoms with Crippen LogP contribution in [-0.4, -0.2) is 21.8 Å². The molecule has 2 aromatic rings. The van der Waals surface area contributed by atoms with Crippen molar-refractivity contribution in [3.63, 3.8) is 0 Å². The molecular formula is C11H12ClFN4. The summed E-state index contributed by atoms with van der Waals surface area (Å²) in [6.45, 7) is 0.908. The van der Waals surface area contributed by atoms with Gasteiger partial charge in [0.15, 0.2) is 0 Å². The molecule has 0 saturated carbocycles. The maximum absolute atomic E-state index is 13.5. The van der Waals surface area contributed by atoms with Crippen molar-refractivity contribution < 1.29 is 4.39 Å². The molecule has 0 aliphatic rings. The molecule has 0 aliphatic carbocycles. The maximum Gasteiger partial charge on any atom is 0.141 e. The highest BCUT2D eigenvalue weighted by Gasteiger charge is 2.08. The SMILES string of the molecule is CNCc1ncnn1Cc1cc(Cl)ccc1F. The molecule has 0 fully saturated rings. The molecule has 0 amide bonds. The predicted molar refractivity (Wildman–Crippen MR) is 63.3 cm³/mol. The standard InChI is InChI=1S/C11H12ClFN4/c1-14-5-11-15-7-16-17(11)6-8-4-9(12)2-3-10(8)13/h2-4,7,14H,5-6H2,1H3. The van der Waals surface area contributed by atoms with Gasteiger partial charge in [0.1, 0.15) is 18.0 Å². The van der Waals surface area contributed by atoms with Gasteiger partial charge in [0.25, 0.3) is 0 Å². The van der Waals surface area contributed by atoms with Gasteiger partial charge in [-0.25, -0.2) is 14.1 Å². The Labute approximate surface area is 103 Å².